The van der Waals surface area contributed by atoms with Crippen LogP contribution in [0.1, 0.15) is 38.2 Å². The molecule has 6 rings (SSSR count). The summed E-state index contributed by atoms with van der Waals surface area (Å²) in [6.07, 6.45) is 13.5. The molecular weight excluding hydrogens is 512 g/mol. The molecule has 206 valence electrons. The number of likely N-dealkylation sites (N-methyl/N-ethyl adjacent to an activating group) is 1. The standard InChI is InChI=1S/C30H31F2N7O/c1-4-20-23(31)8-7-18-14-33-15-21(24(18)20)26-25(32)27-22(16-35-26)28(38(3)17-19-6-5-11-34-19)37-29(36-27)39-12-9-30(2,40)10-13-39/h1,7-8,14-16,19,34,40H,5-6,9-13,17H2,2-3H3/t19-/m1/s1. The number of hydrogen-bond donors (Lipinski definition) is 2. The van der Waals surface area contributed by atoms with Crippen molar-refractivity contribution >= 4 is 33.4 Å². The van der Waals surface area contributed by atoms with Crippen LogP contribution in [0.4, 0.5) is 20.5 Å². The fraction of sp³-hybridized carbons (Fsp3) is 0.400. The van der Waals surface area contributed by atoms with E-state index < -0.39 is 17.2 Å². The zero-order chi connectivity index (χ0) is 28.0. The van der Waals surface area contributed by atoms with E-state index in [9.17, 15) is 9.50 Å². The van der Waals surface area contributed by atoms with Crippen LogP contribution in [0.15, 0.2) is 30.7 Å². The highest BCUT2D eigenvalue weighted by molar-refractivity contribution is 6.01. The minimum absolute atomic E-state index is 0.00927. The lowest BCUT2D eigenvalue weighted by Gasteiger charge is -2.36. The molecular formula is C30H31F2N7O. The second-order valence-corrected chi connectivity index (χ2v) is 11.0. The van der Waals surface area contributed by atoms with Gasteiger partial charge in [-0.05, 0) is 51.3 Å². The van der Waals surface area contributed by atoms with Gasteiger partial charge in [0.25, 0.3) is 0 Å². The van der Waals surface area contributed by atoms with Crippen LogP contribution in [-0.4, -0.2) is 69.9 Å². The normalized spacial score (nSPS) is 18.8. The quantitative estimate of drug-likeness (QED) is 0.365. The number of halogens is 2. The van der Waals surface area contributed by atoms with Crippen LogP contribution >= 0.6 is 0 Å². The first kappa shape index (κ1) is 26.3. The van der Waals surface area contributed by atoms with E-state index in [1.54, 1.807) is 18.5 Å². The summed E-state index contributed by atoms with van der Waals surface area (Å²) in [5.41, 5.74) is -0.323. The number of aromatic nitrogens is 4. The Morgan fingerprint density at radius 1 is 1.20 bits per heavy atom. The molecule has 4 aromatic rings. The molecule has 2 N–H and O–H groups in total. The summed E-state index contributed by atoms with van der Waals surface area (Å²) in [7, 11) is 1.94. The van der Waals surface area contributed by atoms with Gasteiger partial charge in [0.05, 0.1) is 16.6 Å². The predicted molar refractivity (Wildman–Crippen MR) is 152 cm³/mol. The fourth-order valence-electron chi connectivity index (χ4n) is 5.74. The molecule has 2 aliphatic rings. The van der Waals surface area contributed by atoms with E-state index in [4.69, 9.17) is 11.4 Å². The number of piperidine rings is 1. The lowest BCUT2D eigenvalue weighted by molar-refractivity contribution is 0.0349. The molecule has 2 saturated heterocycles. The Labute approximate surface area is 231 Å². The largest absolute Gasteiger partial charge is 0.390 e. The van der Waals surface area contributed by atoms with Crippen LogP contribution in [0.25, 0.3) is 32.9 Å². The fourth-order valence-corrected chi connectivity index (χ4v) is 5.74. The van der Waals surface area contributed by atoms with Gasteiger partial charge in [-0.15, -0.1) is 6.42 Å². The van der Waals surface area contributed by atoms with E-state index in [-0.39, 0.29) is 16.8 Å². The first-order valence-corrected chi connectivity index (χ1v) is 13.6. The van der Waals surface area contributed by atoms with Crippen molar-refractivity contribution in [1.29, 1.82) is 0 Å². The molecule has 0 amide bonds. The number of nitrogens with one attached hydrogen (secondary N) is 1. The molecule has 3 aromatic heterocycles. The van der Waals surface area contributed by atoms with Crippen molar-refractivity contribution in [3.63, 3.8) is 0 Å². The Balaban J connectivity index is 1.53. The Bertz CT molecular complexity index is 1640. The smallest absolute Gasteiger partial charge is 0.228 e. The first-order chi connectivity index (χ1) is 19.3. The maximum absolute atomic E-state index is 16.5. The minimum Gasteiger partial charge on any atom is -0.390 e. The number of hydrogen-bond acceptors (Lipinski definition) is 8. The number of rotatable bonds is 5. The first-order valence-electron chi connectivity index (χ1n) is 13.6. The second kappa shape index (κ2) is 10.2. The maximum atomic E-state index is 16.5. The minimum atomic E-state index is -0.755. The van der Waals surface area contributed by atoms with Gasteiger partial charge in [0.1, 0.15) is 22.8 Å². The average molecular weight is 544 g/mol. The third kappa shape index (κ3) is 4.69. The molecule has 0 aliphatic carbocycles. The zero-order valence-corrected chi connectivity index (χ0v) is 22.6. The van der Waals surface area contributed by atoms with Crippen molar-refractivity contribution in [2.75, 3.05) is 43.0 Å². The van der Waals surface area contributed by atoms with Gasteiger partial charge >= 0.3 is 0 Å². The van der Waals surface area contributed by atoms with E-state index in [0.717, 1.165) is 19.4 Å². The summed E-state index contributed by atoms with van der Waals surface area (Å²) in [6.45, 7) is 4.58. The monoisotopic (exact) mass is 543 g/mol. The lowest BCUT2D eigenvalue weighted by Crippen LogP contribution is -2.43. The molecule has 1 aromatic carbocycles. The van der Waals surface area contributed by atoms with E-state index in [0.29, 0.717) is 72.0 Å². The predicted octanol–water partition coefficient (Wildman–Crippen LogP) is 4.04. The average Bonchev–Trinajstić information content (AvgIpc) is 3.46. The summed E-state index contributed by atoms with van der Waals surface area (Å²) in [4.78, 5) is 22.3. The van der Waals surface area contributed by atoms with Crippen molar-refractivity contribution in [3.05, 3.63) is 47.9 Å². The van der Waals surface area contributed by atoms with Crippen molar-refractivity contribution in [1.82, 2.24) is 25.3 Å². The maximum Gasteiger partial charge on any atom is 0.228 e. The highest BCUT2D eigenvalue weighted by atomic mass is 19.1. The molecule has 0 spiro atoms. The molecule has 2 aliphatic heterocycles. The molecule has 40 heavy (non-hydrogen) atoms. The Morgan fingerprint density at radius 3 is 2.73 bits per heavy atom. The van der Waals surface area contributed by atoms with E-state index in [2.05, 4.69) is 26.2 Å². The molecule has 2 fully saturated rings. The summed E-state index contributed by atoms with van der Waals surface area (Å²) in [5, 5.41) is 15.4. The molecule has 0 unspecified atom stereocenters. The Hall–Kier alpha value is -3.94. The van der Waals surface area contributed by atoms with Gasteiger partial charge < -0.3 is 20.2 Å². The third-order valence-electron chi connectivity index (χ3n) is 8.07. The zero-order valence-electron chi connectivity index (χ0n) is 22.6. The van der Waals surface area contributed by atoms with Gasteiger partial charge in [-0.3, -0.25) is 9.97 Å². The molecule has 0 saturated carbocycles. The van der Waals surface area contributed by atoms with Gasteiger partial charge in [0.15, 0.2) is 5.82 Å². The molecule has 1 atom stereocenters. The van der Waals surface area contributed by atoms with Crippen LogP contribution < -0.4 is 15.1 Å². The highest BCUT2D eigenvalue weighted by Crippen LogP contribution is 2.36. The second-order valence-electron chi connectivity index (χ2n) is 11.0. The van der Waals surface area contributed by atoms with Gasteiger partial charge in [-0.2, -0.15) is 4.98 Å². The summed E-state index contributed by atoms with van der Waals surface area (Å²) < 4.78 is 31.2. The molecule has 8 nitrogen and oxygen atoms in total. The molecule has 5 heterocycles. The summed E-state index contributed by atoms with van der Waals surface area (Å²) >= 11 is 0. The number of anilines is 2. The summed E-state index contributed by atoms with van der Waals surface area (Å²) in [5.74, 6) is 2.15. The van der Waals surface area contributed by atoms with Crippen LogP contribution in [-0.2, 0) is 0 Å². The molecule has 0 bridgehead atoms. The van der Waals surface area contributed by atoms with E-state index >= 15 is 4.39 Å². The number of pyridine rings is 2. The van der Waals surface area contributed by atoms with Crippen molar-refractivity contribution in [2.24, 2.45) is 0 Å². The van der Waals surface area contributed by atoms with Crippen molar-refractivity contribution in [3.8, 4) is 23.6 Å². The van der Waals surface area contributed by atoms with Gasteiger partial charge in [0, 0.05) is 67.7 Å². The Kier molecular flexibility index (Phi) is 6.72. The van der Waals surface area contributed by atoms with Crippen LogP contribution in [0, 0.1) is 24.0 Å². The SMILES string of the molecule is C#Cc1c(F)ccc2cncc(-c3ncc4c(N(C)C[C@H]5CCCN5)nc(N5CCC(C)(O)CC5)nc4c3F)c12. The number of nitrogens with zero attached hydrogens (tertiary/aromatic N) is 6. The lowest BCUT2D eigenvalue weighted by atomic mass is 9.94. The number of aliphatic hydroxyl groups is 1. The number of fused-ring (bicyclic) bond motifs is 2. The van der Waals surface area contributed by atoms with Crippen molar-refractivity contribution < 1.29 is 13.9 Å². The van der Waals surface area contributed by atoms with Crippen LogP contribution in [0.5, 0.6) is 0 Å². The molecule has 0 radical (unpaired) electrons. The van der Waals surface area contributed by atoms with Gasteiger partial charge in [-0.1, -0.05) is 5.92 Å². The third-order valence-corrected chi connectivity index (χ3v) is 8.07. The number of terminal acetylenes is 1. The van der Waals surface area contributed by atoms with Crippen LogP contribution in [0.3, 0.4) is 0 Å². The highest BCUT2D eigenvalue weighted by Gasteiger charge is 2.30. The van der Waals surface area contributed by atoms with E-state index in [1.165, 1.54) is 12.3 Å². The Morgan fingerprint density at radius 2 is 2.00 bits per heavy atom. The molecule has 10 heteroatoms. The van der Waals surface area contributed by atoms with Crippen LogP contribution in [0.2, 0.25) is 0 Å². The topological polar surface area (TPSA) is 90.3 Å². The number of benzene rings is 1. The van der Waals surface area contributed by atoms with Gasteiger partial charge in [-0.25, -0.2) is 13.8 Å². The van der Waals surface area contributed by atoms with Gasteiger partial charge in [0.2, 0.25) is 5.95 Å². The van der Waals surface area contributed by atoms with E-state index in [1.807, 2.05) is 23.8 Å². The summed E-state index contributed by atoms with van der Waals surface area (Å²) in [6, 6.07) is 3.15. The van der Waals surface area contributed by atoms with Crippen molar-refractivity contribution in [2.45, 2.75) is 44.2 Å².